The quantitative estimate of drug-likeness (QED) is 0.786. The number of rotatable bonds is 4. The number of carbonyl (C=O) groups is 2. The number of ether oxygens (including phenoxy) is 2. The molecule has 2 amide bonds. The third-order valence-corrected chi connectivity index (χ3v) is 6.46. The Morgan fingerprint density at radius 3 is 2.68 bits per heavy atom. The summed E-state index contributed by atoms with van der Waals surface area (Å²) in [4.78, 5) is 27.9. The molecule has 3 rings (SSSR count). The Bertz CT molecular complexity index is 804. The monoisotopic (exact) mass is 424 g/mol. The number of nitrogens with zero attached hydrogens (tertiary/aromatic N) is 1. The minimum atomic E-state index is -0.282. The van der Waals surface area contributed by atoms with E-state index in [1.54, 1.807) is 19.1 Å². The molecule has 2 aliphatic rings. The van der Waals surface area contributed by atoms with Gasteiger partial charge in [-0.15, -0.1) is 11.8 Å². The molecule has 0 radical (unpaired) electrons. The van der Waals surface area contributed by atoms with E-state index in [0.29, 0.717) is 45.2 Å². The van der Waals surface area contributed by atoms with E-state index in [-0.39, 0.29) is 11.8 Å². The van der Waals surface area contributed by atoms with Gasteiger partial charge in [-0.1, -0.05) is 18.5 Å². The molecule has 2 aliphatic heterocycles. The first-order valence-corrected chi connectivity index (χ1v) is 10.7. The summed E-state index contributed by atoms with van der Waals surface area (Å²) in [5.41, 5.74) is 0.810. The van der Waals surface area contributed by atoms with Crippen LogP contribution >= 0.6 is 23.4 Å². The number of halogens is 1. The van der Waals surface area contributed by atoms with Crippen LogP contribution in [-0.2, 0) is 9.53 Å². The summed E-state index contributed by atoms with van der Waals surface area (Å²) in [5, 5.41) is 3.10. The van der Waals surface area contributed by atoms with Crippen LogP contribution in [0, 0.1) is 5.92 Å². The van der Waals surface area contributed by atoms with E-state index in [1.165, 1.54) is 18.9 Å². The molecule has 0 aromatic heterocycles. The lowest BCUT2D eigenvalue weighted by atomic mass is 9.98. The van der Waals surface area contributed by atoms with Crippen molar-refractivity contribution in [3.05, 3.63) is 33.4 Å². The third-order valence-electron chi connectivity index (χ3n) is 5.01. The molecule has 6 nitrogen and oxygen atoms in total. The molecular weight excluding hydrogens is 400 g/mol. The van der Waals surface area contributed by atoms with Gasteiger partial charge in [-0.05, 0) is 31.7 Å². The molecule has 2 heterocycles. The predicted octanol–water partition coefficient (Wildman–Crippen LogP) is 4.15. The number of allylic oxidation sites excluding steroid dienone is 1. The summed E-state index contributed by atoms with van der Waals surface area (Å²) >= 11 is 7.84. The zero-order valence-electron chi connectivity index (χ0n) is 16.3. The van der Waals surface area contributed by atoms with Gasteiger partial charge in [0.2, 0.25) is 0 Å². The van der Waals surface area contributed by atoms with E-state index < -0.39 is 0 Å². The number of hydrogen-bond acceptors (Lipinski definition) is 5. The average Bonchev–Trinajstić information content (AvgIpc) is 2.69. The van der Waals surface area contributed by atoms with Crippen molar-refractivity contribution in [2.75, 3.05) is 37.9 Å². The second-order valence-corrected chi connectivity index (χ2v) is 8.56. The molecule has 152 valence electrons. The maximum Gasteiger partial charge on any atom is 0.265 e. The number of amides is 2. The summed E-state index contributed by atoms with van der Waals surface area (Å²) < 4.78 is 10.9. The van der Waals surface area contributed by atoms with Gasteiger partial charge in [-0.25, -0.2) is 0 Å². The van der Waals surface area contributed by atoms with E-state index in [4.69, 9.17) is 21.1 Å². The average molecular weight is 425 g/mol. The number of anilines is 1. The van der Waals surface area contributed by atoms with Crippen LogP contribution in [0.25, 0.3) is 0 Å². The van der Waals surface area contributed by atoms with Gasteiger partial charge in [0.1, 0.15) is 16.4 Å². The molecule has 1 fully saturated rings. The van der Waals surface area contributed by atoms with Crippen LogP contribution in [0.2, 0.25) is 5.02 Å². The van der Waals surface area contributed by atoms with Crippen molar-refractivity contribution in [1.82, 2.24) is 4.90 Å². The summed E-state index contributed by atoms with van der Waals surface area (Å²) in [6, 6.07) is 3.17. The first kappa shape index (κ1) is 20.9. The van der Waals surface area contributed by atoms with E-state index in [0.717, 1.165) is 31.7 Å². The second-order valence-electron chi connectivity index (χ2n) is 7.04. The Morgan fingerprint density at radius 1 is 1.32 bits per heavy atom. The number of carbonyl (C=O) groups excluding carboxylic acids is 2. The highest BCUT2D eigenvalue weighted by molar-refractivity contribution is 8.04. The molecule has 0 bridgehead atoms. The minimum Gasteiger partial charge on any atom is -0.496 e. The Labute approximate surface area is 174 Å². The normalized spacial score (nSPS) is 17.9. The molecule has 0 atom stereocenters. The summed E-state index contributed by atoms with van der Waals surface area (Å²) in [6.07, 6.45) is 1.98. The standard InChI is InChI=1S/C20H25ClN2O4S/c1-12-4-6-23(7-5-12)20(25)14-10-15(21)16(11-17(14)26-3)22-19(24)18-13(2)27-8-9-28-18/h10-12H,4-9H2,1-3H3,(H,22,24). The van der Waals surface area contributed by atoms with E-state index >= 15 is 0 Å². The Hall–Kier alpha value is -1.86. The first-order valence-electron chi connectivity index (χ1n) is 9.35. The molecule has 1 N–H and O–H groups in total. The van der Waals surface area contributed by atoms with Crippen LogP contribution in [0.3, 0.4) is 0 Å². The van der Waals surface area contributed by atoms with Crippen molar-refractivity contribution < 1.29 is 19.1 Å². The Morgan fingerprint density at radius 2 is 2.04 bits per heavy atom. The largest absolute Gasteiger partial charge is 0.496 e. The lowest BCUT2D eigenvalue weighted by Gasteiger charge is -2.30. The molecule has 0 spiro atoms. The number of piperidine rings is 1. The van der Waals surface area contributed by atoms with Gasteiger partial charge in [-0.3, -0.25) is 9.59 Å². The van der Waals surface area contributed by atoms with Crippen LogP contribution in [0.1, 0.15) is 37.0 Å². The third kappa shape index (κ3) is 4.58. The molecule has 1 aromatic carbocycles. The molecule has 0 unspecified atom stereocenters. The summed E-state index contributed by atoms with van der Waals surface area (Å²) in [6.45, 7) is 6.01. The Balaban J connectivity index is 1.81. The SMILES string of the molecule is COc1cc(NC(=O)C2=C(C)OCCS2)c(Cl)cc1C(=O)N1CCC(C)CC1. The maximum atomic E-state index is 12.9. The van der Waals surface area contributed by atoms with Gasteiger partial charge < -0.3 is 19.7 Å². The van der Waals surface area contributed by atoms with Crippen molar-refractivity contribution in [3.63, 3.8) is 0 Å². The van der Waals surface area contributed by atoms with Gasteiger partial charge >= 0.3 is 0 Å². The van der Waals surface area contributed by atoms with Crippen LogP contribution in [0.5, 0.6) is 5.75 Å². The van der Waals surface area contributed by atoms with Crippen molar-refractivity contribution in [1.29, 1.82) is 0 Å². The maximum absolute atomic E-state index is 12.9. The van der Waals surface area contributed by atoms with Crippen molar-refractivity contribution >= 4 is 40.9 Å². The minimum absolute atomic E-state index is 0.0988. The van der Waals surface area contributed by atoms with Gasteiger partial charge in [0.05, 0.1) is 30.0 Å². The fourth-order valence-corrected chi connectivity index (χ4v) is 4.30. The Kier molecular flexibility index (Phi) is 6.78. The number of thioether (sulfide) groups is 1. The number of methoxy groups -OCH3 is 1. The summed E-state index contributed by atoms with van der Waals surface area (Å²) in [7, 11) is 1.50. The highest BCUT2D eigenvalue weighted by atomic mass is 35.5. The fourth-order valence-electron chi connectivity index (χ4n) is 3.28. The van der Waals surface area contributed by atoms with Gasteiger partial charge in [-0.2, -0.15) is 0 Å². The fraction of sp³-hybridized carbons (Fsp3) is 0.500. The molecule has 1 saturated heterocycles. The second kappa shape index (κ2) is 9.09. The van der Waals surface area contributed by atoms with Gasteiger partial charge in [0.25, 0.3) is 11.8 Å². The predicted molar refractivity (Wildman–Crippen MR) is 112 cm³/mol. The van der Waals surface area contributed by atoms with Crippen molar-refractivity contribution in [3.8, 4) is 5.75 Å². The van der Waals surface area contributed by atoms with Crippen LogP contribution in [0.15, 0.2) is 22.8 Å². The molecule has 8 heteroatoms. The number of likely N-dealkylation sites (tertiary alicyclic amines) is 1. The molecule has 0 saturated carbocycles. The number of nitrogens with one attached hydrogen (secondary N) is 1. The highest BCUT2D eigenvalue weighted by Gasteiger charge is 2.26. The lowest BCUT2D eigenvalue weighted by Crippen LogP contribution is -2.38. The van der Waals surface area contributed by atoms with Crippen LogP contribution < -0.4 is 10.1 Å². The smallest absolute Gasteiger partial charge is 0.265 e. The van der Waals surface area contributed by atoms with Crippen molar-refractivity contribution in [2.24, 2.45) is 5.92 Å². The van der Waals surface area contributed by atoms with Crippen LogP contribution in [0.4, 0.5) is 5.69 Å². The zero-order chi connectivity index (χ0) is 20.3. The topological polar surface area (TPSA) is 67.9 Å². The molecule has 1 aromatic rings. The van der Waals surface area contributed by atoms with E-state index in [2.05, 4.69) is 12.2 Å². The first-order chi connectivity index (χ1) is 13.4. The van der Waals surface area contributed by atoms with E-state index in [9.17, 15) is 9.59 Å². The van der Waals surface area contributed by atoms with Crippen LogP contribution in [-0.4, -0.2) is 49.3 Å². The lowest BCUT2D eigenvalue weighted by molar-refractivity contribution is -0.112. The molecule has 28 heavy (non-hydrogen) atoms. The molecular formula is C20H25ClN2O4S. The van der Waals surface area contributed by atoms with Gasteiger partial charge in [0.15, 0.2) is 0 Å². The summed E-state index contributed by atoms with van der Waals surface area (Å²) in [5.74, 6) is 1.96. The number of hydrogen-bond donors (Lipinski definition) is 1. The van der Waals surface area contributed by atoms with E-state index in [1.807, 2.05) is 4.90 Å². The zero-order valence-corrected chi connectivity index (χ0v) is 17.9. The molecule has 0 aliphatic carbocycles. The van der Waals surface area contributed by atoms with Crippen molar-refractivity contribution in [2.45, 2.75) is 26.7 Å². The van der Waals surface area contributed by atoms with Gasteiger partial charge in [0, 0.05) is 24.9 Å². The number of benzene rings is 1. The highest BCUT2D eigenvalue weighted by Crippen LogP contribution is 2.34.